The quantitative estimate of drug-likeness (QED) is 0.290. The van der Waals surface area contributed by atoms with Crippen LogP contribution in [0.2, 0.25) is 0 Å². The van der Waals surface area contributed by atoms with E-state index in [-0.39, 0.29) is 0 Å². The highest BCUT2D eigenvalue weighted by molar-refractivity contribution is 7.99. The molecule has 1 saturated heterocycles. The van der Waals surface area contributed by atoms with Crippen molar-refractivity contribution in [1.29, 1.82) is 0 Å². The summed E-state index contributed by atoms with van der Waals surface area (Å²) in [5.41, 5.74) is 1.15. The summed E-state index contributed by atoms with van der Waals surface area (Å²) in [5, 5.41) is 10.1. The van der Waals surface area contributed by atoms with Crippen LogP contribution in [0.25, 0.3) is 0 Å². The molecular weight excluding hydrogens is 374 g/mol. The fourth-order valence-electron chi connectivity index (χ4n) is 2.94. The number of aliphatic imine (C=N–C) groups is 1. The first-order valence-corrected chi connectivity index (χ1v) is 11.6. The van der Waals surface area contributed by atoms with Gasteiger partial charge in [0.25, 0.3) is 0 Å². The van der Waals surface area contributed by atoms with Crippen LogP contribution in [0, 0.1) is 0 Å². The van der Waals surface area contributed by atoms with Crippen LogP contribution in [0.5, 0.6) is 0 Å². The highest BCUT2D eigenvalue weighted by Gasteiger charge is 2.15. The lowest BCUT2D eigenvalue weighted by atomic mass is 10.3. The number of nitrogens with one attached hydrogen (secondary N) is 2. The predicted octanol–water partition coefficient (Wildman–Crippen LogP) is 3.63. The van der Waals surface area contributed by atoms with Crippen molar-refractivity contribution in [2.45, 2.75) is 31.1 Å². The van der Waals surface area contributed by atoms with E-state index in [0.29, 0.717) is 0 Å². The van der Waals surface area contributed by atoms with Gasteiger partial charge in [0.2, 0.25) is 0 Å². The highest BCUT2D eigenvalue weighted by Crippen LogP contribution is 2.24. The normalized spacial score (nSPS) is 14.6. The molecule has 2 aromatic rings. The number of aromatic nitrogens is 1. The Morgan fingerprint density at radius 2 is 2.04 bits per heavy atom. The van der Waals surface area contributed by atoms with Gasteiger partial charge in [-0.3, -0.25) is 4.99 Å². The summed E-state index contributed by atoms with van der Waals surface area (Å²) < 4.78 is 0. The first-order valence-electron chi connectivity index (χ1n) is 9.74. The zero-order valence-corrected chi connectivity index (χ0v) is 17.6. The molecule has 1 aliphatic heterocycles. The molecule has 0 atom stereocenters. The third-order valence-electron chi connectivity index (χ3n) is 4.30. The first-order chi connectivity index (χ1) is 13.3. The average molecular weight is 404 g/mol. The molecule has 7 heteroatoms. The minimum absolute atomic E-state index is 0.754. The van der Waals surface area contributed by atoms with Crippen LogP contribution in [0.15, 0.2) is 45.6 Å². The highest BCUT2D eigenvalue weighted by atomic mass is 32.2. The number of thioether (sulfide) groups is 1. The largest absolute Gasteiger partial charge is 0.357 e. The van der Waals surface area contributed by atoms with Gasteiger partial charge in [-0.15, -0.1) is 23.1 Å². The fraction of sp³-hybridized carbons (Fsp3) is 0.500. The summed E-state index contributed by atoms with van der Waals surface area (Å²) in [6.07, 6.45) is 3.47. The standard InChI is InChI=1S/C20H29N5S2/c1-2-21-19(23-12-15-26-18-8-4-3-5-9-18)22-11-10-17-16-27-20(24-17)25-13-6-7-14-25/h3-5,8-9,16H,2,6-7,10-15H2,1H3,(H2,21,22,23). The van der Waals surface area contributed by atoms with E-state index in [1.165, 1.54) is 22.9 Å². The van der Waals surface area contributed by atoms with Crippen LogP contribution in [-0.2, 0) is 6.42 Å². The molecule has 0 unspecified atom stereocenters. The molecule has 5 nitrogen and oxygen atoms in total. The van der Waals surface area contributed by atoms with Crippen LogP contribution in [0.4, 0.5) is 5.13 Å². The van der Waals surface area contributed by atoms with Gasteiger partial charge in [-0.2, -0.15) is 0 Å². The molecular formula is C20H29N5S2. The number of hydrogen-bond donors (Lipinski definition) is 2. The number of anilines is 1. The molecule has 2 heterocycles. The summed E-state index contributed by atoms with van der Waals surface area (Å²) >= 11 is 3.62. The Morgan fingerprint density at radius 1 is 1.22 bits per heavy atom. The molecule has 146 valence electrons. The number of thiazole rings is 1. The second kappa shape index (κ2) is 11.2. The van der Waals surface area contributed by atoms with Crippen molar-refractivity contribution in [3.63, 3.8) is 0 Å². The Balaban J connectivity index is 1.40. The summed E-state index contributed by atoms with van der Waals surface area (Å²) in [6, 6.07) is 10.5. The van der Waals surface area contributed by atoms with E-state index >= 15 is 0 Å². The number of guanidine groups is 1. The number of rotatable bonds is 9. The van der Waals surface area contributed by atoms with Gasteiger partial charge in [-0.05, 0) is 31.9 Å². The van der Waals surface area contributed by atoms with Crippen LogP contribution in [0.3, 0.4) is 0 Å². The van der Waals surface area contributed by atoms with Crippen LogP contribution < -0.4 is 15.5 Å². The lowest BCUT2D eigenvalue weighted by molar-refractivity contribution is 0.831. The maximum absolute atomic E-state index is 4.78. The summed E-state index contributed by atoms with van der Waals surface area (Å²) in [7, 11) is 0. The maximum atomic E-state index is 4.78. The molecule has 0 saturated carbocycles. The van der Waals surface area contributed by atoms with Gasteiger partial charge in [-0.25, -0.2) is 4.98 Å². The van der Waals surface area contributed by atoms with Gasteiger partial charge in [0.15, 0.2) is 11.1 Å². The van der Waals surface area contributed by atoms with Crippen molar-refractivity contribution in [2.75, 3.05) is 43.4 Å². The van der Waals surface area contributed by atoms with Gasteiger partial charge in [0, 0.05) is 55.2 Å². The van der Waals surface area contributed by atoms with Gasteiger partial charge < -0.3 is 15.5 Å². The van der Waals surface area contributed by atoms with Gasteiger partial charge in [0.05, 0.1) is 5.69 Å². The van der Waals surface area contributed by atoms with Gasteiger partial charge >= 0.3 is 0 Å². The smallest absolute Gasteiger partial charge is 0.191 e. The lowest BCUT2D eigenvalue weighted by Crippen LogP contribution is -2.38. The second-order valence-electron chi connectivity index (χ2n) is 6.41. The summed E-state index contributed by atoms with van der Waals surface area (Å²) in [4.78, 5) is 13.2. The number of nitrogens with zero attached hydrogens (tertiary/aromatic N) is 3. The van der Waals surface area contributed by atoms with Crippen molar-refractivity contribution in [1.82, 2.24) is 15.6 Å². The average Bonchev–Trinajstić information content (AvgIpc) is 3.38. The van der Waals surface area contributed by atoms with Crippen molar-refractivity contribution in [3.05, 3.63) is 41.4 Å². The molecule has 0 spiro atoms. The molecule has 1 aromatic carbocycles. The SMILES string of the molecule is CCNC(=NCCc1csc(N2CCCC2)n1)NCCSc1ccccc1. The summed E-state index contributed by atoms with van der Waals surface area (Å²) in [6.45, 7) is 6.92. The second-order valence-corrected chi connectivity index (χ2v) is 8.42. The number of hydrogen-bond acceptors (Lipinski definition) is 5. The molecule has 0 amide bonds. The Hall–Kier alpha value is -1.73. The topological polar surface area (TPSA) is 52.6 Å². The first kappa shape index (κ1) is 20.0. The molecule has 3 rings (SSSR count). The maximum Gasteiger partial charge on any atom is 0.191 e. The van der Waals surface area contributed by atoms with Crippen LogP contribution in [-0.4, -0.2) is 49.4 Å². The minimum Gasteiger partial charge on any atom is -0.357 e. The molecule has 0 radical (unpaired) electrons. The molecule has 1 aliphatic rings. The van der Waals surface area contributed by atoms with E-state index < -0.39 is 0 Å². The third-order valence-corrected chi connectivity index (χ3v) is 6.27. The van der Waals surface area contributed by atoms with E-state index in [2.05, 4.69) is 58.2 Å². The molecule has 0 bridgehead atoms. The van der Waals surface area contributed by atoms with E-state index in [4.69, 9.17) is 9.98 Å². The van der Waals surface area contributed by atoms with Crippen LogP contribution >= 0.6 is 23.1 Å². The molecule has 1 aromatic heterocycles. The predicted molar refractivity (Wildman–Crippen MR) is 118 cm³/mol. The van der Waals surface area contributed by atoms with E-state index in [1.807, 2.05) is 11.8 Å². The van der Waals surface area contributed by atoms with Crippen molar-refractivity contribution in [2.24, 2.45) is 4.99 Å². The zero-order chi connectivity index (χ0) is 18.7. The van der Waals surface area contributed by atoms with Crippen LogP contribution in [0.1, 0.15) is 25.5 Å². The monoisotopic (exact) mass is 403 g/mol. The van der Waals surface area contributed by atoms with Gasteiger partial charge in [-0.1, -0.05) is 18.2 Å². The summed E-state index contributed by atoms with van der Waals surface area (Å²) in [5.74, 6) is 1.90. The van der Waals surface area contributed by atoms with E-state index in [0.717, 1.165) is 56.6 Å². The minimum atomic E-state index is 0.754. The van der Waals surface area contributed by atoms with E-state index in [1.54, 1.807) is 11.3 Å². The Kier molecular flexibility index (Phi) is 8.30. The zero-order valence-electron chi connectivity index (χ0n) is 16.0. The third kappa shape index (κ3) is 6.74. The van der Waals surface area contributed by atoms with Crippen molar-refractivity contribution >= 4 is 34.2 Å². The number of benzene rings is 1. The van der Waals surface area contributed by atoms with Gasteiger partial charge in [0.1, 0.15) is 0 Å². The van der Waals surface area contributed by atoms with E-state index in [9.17, 15) is 0 Å². The Morgan fingerprint density at radius 3 is 2.81 bits per heavy atom. The Labute approximate surface area is 170 Å². The Bertz CT molecular complexity index is 695. The molecule has 2 N–H and O–H groups in total. The van der Waals surface area contributed by atoms with Crippen molar-refractivity contribution in [3.8, 4) is 0 Å². The molecule has 27 heavy (non-hydrogen) atoms. The molecule has 0 aliphatic carbocycles. The molecule has 1 fully saturated rings. The van der Waals surface area contributed by atoms with Crippen molar-refractivity contribution < 1.29 is 0 Å². The lowest BCUT2D eigenvalue weighted by Gasteiger charge is -2.12. The fourth-order valence-corrected chi connectivity index (χ4v) is 4.65.